The average molecular weight is 284 g/mol. The molecule has 1 rings (SSSR count). The van der Waals surface area contributed by atoms with Crippen LogP contribution in [0.15, 0.2) is 10.5 Å². The minimum Gasteiger partial charge on any atom is -0.457 e. The van der Waals surface area contributed by atoms with Crippen molar-refractivity contribution in [2.75, 3.05) is 12.3 Å². The van der Waals surface area contributed by atoms with Gasteiger partial charge in [0.15, 0.2) is 10.8 Å². The minimum absolute atomic E-state index is 0.156. The summed E-state index contributed by atoms with van der Waals surface area (Å²) >= 11 is 1.16. The van der Waals surface area contributed by atoms with Crippen LogP contribution in [0.5, 0.6) is 0 Å². The SMILES string of the molecule is CC(C)(C)OC(=O)CO/N=C(\[C]=O)c1csc(N)n1. The molecule has 0 aliphatic carbocycles. The maximum absolute atomic E-state index is 11.3. The molecular weight excluding hydrogens is 270 g/mol. The third-order valence-corrected chi connectivity index (χ3v) is 2.29. The fraction of sp³-hybridized carbons (Fsp3) is 0.455. The number of thiazole rings is 1. The van der Waals surface area contributed by atoms with Gasteiger partial charge in [-0.25, -0.2) is 9.78 Å². The molecule has 0 bridgehead atoms. The fourth-order valence-corrected chi connectivity index (χ4v) is 1.58. The summed E-state index contributed by atoms with van der Waals surface area (Å²) in [6.07, 6.45) is 1.57. The van der Waals surface area contributed by atoms with Crippen LogP contribution in [0, 0.1) is 0 Å². The molecule has 1 heterocycles. The number of ether oxygens (including phenoxy) is 1. The van der Waals surface area contributed by atoms with Crippen LogP contribution >= 0.6 is 11.3 Å². The number of nitrogen functional groups attached to an aromatic ring is 1. The smallest absolute Gasteiger partial charge is 0.347 e. The lowest BCUT2D eigenvalue weighted by Crippen LogP contribution is -2.26. The first-order valence-electron chi connectivity index (χ1n) is 5.33. The Bertz CT molecular complexity index is 490. The molecule has 0 unspecified atom stereocenters. The van der Waals surface area contributed by atoms with Crippen molar-refractivity contribution in [3.05, 3.63) is 11.1 Å². The Kier molecular flexibility index (Phi) is 4.99. The Balaban J connectivity index is 2.55. The van der Waals surface area contributed by atoms with E-state index in [1.165, 1.54) is 5.38 Å². The van der Waals surface area contributed by atoms with Crippen molar-refractivity contribution < 1.29 is 19.2 Å². The van der Waals surface area contributed by atoms with Gasteiger partial charge in [-0.2, -0.15) is 0 Å². The first-order valence-corrected chi connectivity index (χ1v) is 6.21. The highest BCUT2D eigenvalue weighted by Crippen LogP contribution is 2.11. The fourth-order valence-electron chi connectivity index (χ4n) is 1.03. The van der Waals surface area contributed by atoms with Crippen LogP contribution in [0.1, 0.15) is 26.5 Å². The monoisotopic (exact) mass is 284 g/mol. The Hall–Kier alpha value is -1.96. The van der Waals surface area contributed by atoms with Crippen LogP contribution in [0.2, 0.25) is 0 Å². The molecule has 8 heteroatoms. The van der Waals surface area contributed by atoms with Gasteiger partial charge in [0.2, 0.25) is 6.61 Å². The first-order chi connectivity index (χ1) is 8.81. The summed E-state index contributed by atoms with van der Waals surface area (Å²) in [5, 5.41) is 5.31. The quantitative estimate of drug-likeness (QED) is 0.489. The number of carbonyl (C=O) groups is 1. The van der Waals surface area contributed by atoms with Gasteiger partial charge in [-0.3, -0.25) is 4.79 Å². The van der Waals surface area contributed by atoms with Gasteiger partial charge < -0.3 is 15.3 Å². The second kappa shape index (κ2) is 6.28. The Morgan fingerprint density at radius 3 is 2.74 bits per heavy atom. The maximum atomic E-state index is 11.3. The van der Waals surface area contributed by atoms with E-state index in [9.17, 15) is 9.59 Å². The zero-order chi connectivity index (χ0) is 14.5. The highest BCUT2D eigenvalue weighted by atomic mass is 32.1. The van der Waals surface area contributed by atoms with Crippen LogP contribution in [0.25, 0.3) is 0 Å². The molecule has 1 radical (unpaired) electrons. The molecule has 2 N–H and O–H groups in total. The third-order valence-electron chi connectivity index (χ3n) is 1.62. The van der Waals surface area contributed by atoms with Crippen LogP contribution in [0.4, 0.5) is 5.13 Å². The summed E-state index contributed by atoms with van der Waals surface area (Å²) < 4.78 is 5.00. The number of hydrogen-bond acceptors (Lipinski definition) is 8. The number of nitrogens with two attached hydrogens (primary N) is 1. The van der Waals surface area contributed by atoms with Crippen LogP contribution < -0.4 is 5.73 Å². The predicted molar refractivity (Wildman–Crippen MR) is 70.6 cm³/mol. The Labute approximate surface area is 114 Å². The van der Waals surface area contributed by atoms with Gasteiger partial charge in [-0.1, -0.05) is 5.16 Å². The van der Waals surface area contributed by atoms with Crippen LogP contribution in [0.3, 0.4) is 0 Å². The average Bonchev–Trinajstić information content (AvgIpc) is 2.68. The zero-order valence-electron chi connectivity index (χ0n) is 10.8. The molecule has 1 aromatic rings. The van der Waals surface area contributed by atoms with E-state index in [1.54, 1.807) is 27.1 Å². The number of esters is 1. The largest absolute Gasteiger partial charge is 0.457 e. The van der Waals surface area contributed by atoms with E-state index in [-0.39, 0.29) is 11.4 Å². The number of hydrogen-bond donors (Lipinski definition) is 1. The van der Waals surface area contributed by atoms with Crippen molar-refractivity contribution in [1.82, 2.24) is 4.98 Å². The lowest BCUT2D eigenvalue weighted by atomic mass is 10.2. The van der Waals surface area contributed by atoms with Gasteiger partial charge in [-0.15, -0.1) is 11.3 Å². The van der Waals surface area contributed by atoms with E-state index in [4.69, 9.17) is 15.3 Å². The summed E-state index contributed by atoms with van der Waals surface area (Å²) in [5.74, 6) is -0.584. The highest BCUT2D eigenvalue weighted by molar-refractivity contribution is 7.13. The second-order valence-corrected chi connectivity index (χ2v) is 5.36. The molecule has 0 fully saturated rings. The minimum atomic E-state index is -0.604. The lowest BCUT2D eigenvalue weighted by Gasteiger charge is -2.18. The maximum Gasteiger partial charge on any atom is 0.347 e. The van der Waals surface area contributed by atoms with Crippen molar-refractivity contribution in [3.63, 3.8) is 0 Å². The van der Waals surface area contributed by atoms with Gasteiger partial charge in [0, 0.05) is 5.38 Å². The summed E-state index contributed by atoms with van der Waals surface area (Å²) in [5.41, 5.74) is 4.92. The van der Waals surface area contributed by atoms with Gasteiger partial charge in [-0.05, 0) is 20.8 Å². The first kappa shape index (κ1) is 15.1. The number of nitrogens with zero attached hydrogens (tertiary/aromatic N) is 2. The molecule has 0 spiro atoms. The van der Waals surface area contributed by atoms with Crippen molar-refractivity contribution in [3.8, 4) is 0 Å². The van der Waals surface area contributed by atoms with Gasteiger partial charge in [0.1, 0.15) is 11.3 Å². The summed E-state index contributed by atoms with van der Waals surface area (Å²) in [6, 6.07) is 0. The molecule has 0 aliphatic heterocycles. The van der Waals surface area contributed by atoms with Crippen LogP contribution in [-0.2, 0) is 19.2 Å². The van der Waals surface area contributed by atoms with E-state index in [0.29, 0.717) is 5.13 Å². The zero-order valence-corrected chi connectivity index (χ0v) is 11.6. The Morgan fingerprint density at radius 2 is 2.26 bits per heavy atom. The van der Waals surface area contributed by atoms with Gasteiger partial charge in [0.05, 0.1) is 0 Å². The molecule has 19 heavy (non-hydrogen) atoms. The molecule has 0 aromatic carbocycles. The molecule has 0 saturated carbocycles. The molecule has 0 amide bonds. The van der Waals surface area contributed by atoms with Gasteiger partial charge in [0.25, 0.3) is 6.29 Å². The van der Waals surface area contributed by atoms with Gasteiger partial charge >= 0.3 is 5.97 Å². The molecular formula is C11H14N3O4S. The van der Waals surface area contributed by atoms with Crippen molar-refractivity contribution in [2.24, 2.45) is 5.16 Å². The second-order valence-electron chi connectivity index (χ2n) is 4.47. The highest BCUT2D eigenvalue weighted by Gasteiger charge is 2.17. The number of carbonyl (C=O) groups excluding carboxylic acids is 2. The molecule has 0 aliphatic rings. The molecule has 7 nitrogen and oxygen atoms in total. The van der Waals surface area contributed by atoms with Crippen molar-refractivity contribution >= 4 is 34.4 Å². The summed E-state index contributed by atoms with van der Waals surface area (Å²) in [4.78, 5) is 30.6. The molecule has 0 saturated heterocycles. The predicted octanol–water partition coefficient (Wildman–Crippen LogP) is 0.897. The normalized spacial score (nSPS) is 12.1. The Morgan fingerprint density at radius 1 is 1.58 bits per heavy atom. The summed E-state index contributed by atoms with van der Waals surface area (Å²) in [7, 11) is 0. The van der Waals surface area contributed by atoms with E-state index in [2.05, 4.69) is 10.1 Å². The topological polar surface area (TPSA) is 104 Å². The molecule has 0 atom stereocenters. The number of anilines is 1. The number of aromatic nitrogens is 1. The molecule has 103 valence electrons. The van der Waals surface area contributed by atoms with E-state index < -0.39 is 18.2 Å². The van der Waals surface area contributed by atoms with Crippen LogP contribution in [-0.4, -0.2) is 35.2 Å². The van der Waals surface area contributed by atoms with Crippen molar-refractivity contribution in [2.45, 2.75) is 26.4 Å². The third kappa shape index (κ3) is 5.47. The summed E-state index contributed by atoms with van der Waals surface area (Å²) in [6.45, 7) is 4.80. The van der Waals surface area contributed by atoms with E-state index in [1.807, 2.05) is 0 Å². The standard InChI is InChI=1S/C11H14N3O4S/c1-11(2,3)18-9(16)5-17-14-7(4-15)8-6-19-10(12)13-8/h6H,5H2,1-3H3,(H2,12,13)/b14-7+. The lowest BCUT2D eigenvalue weighted by molar-refractivity contribution is -0.160. The number of oxime groups is 1. The number of rotatable bonds is 5. The van der Waals surface area contributed by atoms with E-state index in [0.717, 1.165) is 11.3 Å². The van der Waals surface area contributed by atoms with Crippen molar-refractivity contribution in [1.29, 1.82) is 0 Å². The molecule has 1 aromatic heterocycles. The van der Waals surface area contributed by atoms with E-state index >= 15 is 0 Å².